The van der Waals surface area contributed by atoms with Gasteiger partial charge in [-0.1, -0.05) is 17.3 Å². The van der Waals surface area contributed by atoms with Crippen LogP contribution in [-0.4, -0.2) is 28.2 Å². The zero-order valence-corrected chi connectivity index (χ0v) is 12.2. The lowest BCUT2D eigenvalue weighted by Crippen LogP contribution is -2.18. The Hall–Kier alpha value is -2.76. The minimum absolute atomic E-state index is 0.0324. The molecular weight excluding hydrogens is 280 g/mol. The Kier molecular flexibility index (Phi) is 3.07. The van der Waals surface area contributed by atoms with Crippen molar-refractivity contribution in [2.24, 2.45) is 0 Å². The molecule has 0 spiro atoms. The molecule has 1 atom stereocenters. The van der Waals surface area contributed by atoms with Crippen LogP contribution in [0.25, 0.3) is 11.0 Å². The van der Waals surface area contributed by atoms with Crippen molar-refractivity contribution in [1.29, 1.82) is 0 Å². The maximum atomic E-state index is 5.61. The molecule has 1 aliphatic rings. The molecule has 1 unspecified atom stereocenters. The maximum Gasteiger partial charge on any atom is 0.163 e. The minimum Gasteiger partial charge on any atom is -0.486 e. The quantitative estimate of drug-likeness (QED) is 0.805. The van der Waals surface area contributed by atoms with Gasteiger partial charge in [-0.25, -0.2) is 4.68 Å². The molecule has 0 saturated heterocycles. The van der Waals surface area contributed by atoms with Crippen LogP contribution in [0.15, 0.2) is 42.5 Å². The fourth-order valence-corrected chi connectivity index (χ4v) is 2.61. The third-order valence-corrected chi connectivity index (χ3v) is 3.66. The summed E-state index contributed by atoms with van der Waals surface area (Å²) < 4.78 is 13.0. The molecule has 22 heavy (non-hydrogen) atoms. The highest BCUT2D eigenvalue weighted by Gasteiger charge is 2.14. The Morgan fingerprint density at radius 3 is 2.82 bits per heavy atom. The number of hydrogen-bond acceptors (Lipinski definition) is 5. The van der Waals surface area contributed by atoms with Gasteiger partial charge in [0.25, 0.3) is 0 Å². The van der Waals surface area contributed by atoms with Gasteiger partial charge >= 0.3 is 0 Å². The zero-order valence-electron chi connectivity index (χ0n) is 12.2. The van der Waals surface area contributed by atoms with E-state index in [4.69, 9.17) is 9.47 Å². The average Bonchev–Trinajstić information content (AvgIpc) is 2.99. The number of nitrogens with one attached hydrogen (secondary N) is 1. The highest BCUT2D eigenvalue weighted by atomic mass is 16.6. The molecule has 6 heteroatoms. The molecule has 2 aromatic carbocycles. The van der Waals surface area contributed by atoms with Crippen molar-refractivity contribution >= 4 is 16.7 Å². The van der Waals surface area contributed by atoms with E-state index in [0.717, 1.165) is 28.2 Å². The minimum atomic E-state index is -0.0324. The third kappa shape index (κ3) is 2.22. The molecule has 112 valence electrons. The monoisotopic (exact) mass is 296 g/mol. The fourth-order valence-electron chi connectivity index (χ4n) is 2.61. The van der Waals surface area contributed by atoms with E-state index in [-0.39, 0.29) is 6.17 Å². The molecule has 0 bridgehead atoms. The summed E-state index contributed by atoms with van der Waals surface area (Å²) >= 11 is 0. The van der Waals surface area contributed by atoms with Gasteiger partial charge in [0, 0.05) is 11.8 Å². The van der Waals surface area contributed by atoms with Crippen LogP contribution in [-0.2, 0) is 0 Å². The zero-order chi connectivity index (χ0) is 14.9. The van der Waals surface area contributed by atoms with Gasteiger partial charge in [0.2, 0.25) is 0 Å². The molecule has 3 aromatic rings. The summed E-state index contributed by atoms with van der Waals surface area (Å²) in [7, 11) is 0. The molecule has 1 aliphatic heterocycles. The lowest BCUT2D eigenvalue weighted by molar-refractivity contribution is 0.171. The summed E-state index contributed by atoms with van der Waals surface area (Å²) in [4.78, 5) is 0. The maximum absolute atomic E-state index is 5.61. The van der Waals surface area contributed by atoms with Crippen molar-refractivity contribution in [3.05, 3.63) is 42.5 Å². The van der Waals surface area contributed by atoms with Gasteiger partial charge < -0.3 is 14.8 Å². The Bertz CT molecular complexity index is 815. The molecule has 6 nitrogen and oxygen atoms in total. The van der Waals surface area contributed by atoms with Crippen LogP contribution >= 0.6 is 0 Å². The summed E-state index contributed by atoms with van der Waals surface area (Å²) in [6, 6.07) is 13.8. The van der Waals surface area contributed by atoms with Crippen molar-refractivity contribution in [2.45, 2.75) is 13.1 Å². The molecule has 1 aromatic heterocycles. The van der Waals surface area contributed by atoms with Crippen molar-refractivity contribution in [1.82, 2.24) is 15.0 Å². The lowest BCUT2D eigenvalue weighted by Gasteiger charge is -2.21. The first-order chi connectivity index (χ1) is 10.8. The molecule has 0 amide bonds. The van der Waals surface area contributed by atoms with Gasteiger partial charge in [-0.15, -0.1) is 5.10 Å². The number of fused-ring (bicyclic) bond motifs is 2. The topological polar surface area (TPSA) is 61.2 Å². The molecule has 0 fully saturated rings. The van der Waals surface area contributed by atoms with Crippen LogP contribution in [0.5, 0.6) is 11.5 Å². The third-order valence-electron chi connectivity index (χ3n) is 3.66. The fraction of sp³-hybridized carbons (Fsp3) is 0.250. The largest absolute Gasteiger partial charge is 0.486 e. The van der Waals surface area contributed by atoms with E-state index >= 15 is 0 Å². The first kappa shape index (κ1) is 12.9. The molecule has 1 N–H and O–H groups in total. The van der Waals surface area contributed by atoms with Crippen molar-refractivity contribution in [3.8, 4) is 11.5 Å². The number of hydrogen-bond donors (Lipinski definition) is 1. The van der Waals surface area contributed by atoms with E-state index in [1.165, 1.54) is 0 Å². The number of ether oxygens (including phenoxy) is 2. The van der Waals surface area contributed by atoms with Crippen LogP contribution in [0.4, 0.5) is 5.69 Å². The summed E-state index contributed by atoms with van der Waals surface area (Å²) in [6.45, 7) is 3.22. The number of para-hydroxylation sites is 1. The Morgan fingerprint density at radius 1 is 1.09 bits per heavy atom. The molecule has 0 saturated carbocycles. The predicted octanol–water partition coefficient (Wildman–Crippen LogP) is 2.83. The van der Waals surface area contributed by atoms with Crippen LogP contribution in [0.3, 0.4) is 0 Å². The highest BCUT2D eigenvalue weighted by Crippen LogP contribution is 2.33. The first-order valence-electron chi connectivity index (χ1n) is 7.27. The Labute approximate surface area is 127 Å². The second-order valence-corrected chi connectivity index (χ2v) is 5.20. The van der Waals surface area contributed by atoms with E-state index in [0.29, 0.717) is 13.2 Å². The number of aromatic nitrogens is 3. The number of anilines is 1. The molecule has 4 rings (SSSR count). The van der Waals surface area contributed by atoms with E-state index < -0.39 is 0 Å². The van der Waals surface area contributed by atoms with Gasteiger partial charge in [0.1, 0.15) is 24.9 Å². The first-order valence-corrected chi connectivity index (χ1v) is 7.27. The molecule has 0 radical (unpaired) electrons. The average molecular weight is 296 g/mol. The van der Waals surface area contributed by atoms with E-state index in [1.807, 2.05) is 54.1 Å². The number of nitrogens with zero attached hydrogens (tertiary/aromatic N) is 3. The summed E-state index contributed by atoms with van der Waals surface area (Å²) in [5, 5.41) is 11.8. The van der Waals surface area contributed by atoms with Gasteiger partial charge in [-0.2, -0.15) is 0 Å². The summed E-state index contributed by atoms with van der Waals surface area (Å²) in [6.07, 6.45) is -0.0324. The Balaban J connectivity index is 1.60. The van der Waals surface area contributed by atoms with Gasteiger partial charge in [0.15, 0.2) is 11.5 Å². The predicted molar refractivity (Wildman–Crippen MR) is 83.3 cm³/mol. The second-order valence-electron chi connectivity index (χ2n) is 5.20. The standard InChI is InChI=1S/C16H16N4O2/c1-11(20-14-5-3-2-4-13(14)18-19-20)17-12-6-7-15-16(10-12)22-9-8-21-15/h2-7,10-11,17H,8-9H2,1H3. The van der Waals surface area contributed by atoms with Crippen LogP contribution in [0, 0.1) is 0 Å². The van der Waals surface area contributed by atoms with Crippen molar-refractivity contribution in [3.63, 3.8) is 0 Å². The second kappa shape index (κ2) is 5.22. The van der Waals surface area contributed by atoms with Gasteiger partial charge in [0.05, 0.1) is 5.52 Å². The number of benzene rings is 2. The van der Waals surface area contributed by atoms with Crippen molar-refractivity contribution in [2.75, 3.05) is 18.5 Å². The summed E-state index contributed by atoms with van der Waals surface area (Å²) in [5.41, 5.74) is 2.84. The van der Waals surface area contributed by atoms with Crippen molar-refractivity contribution < 1.29 is 9.47 Å². The smallest absolute Gasteiger partial charge is 0.163 e. The van der Waals surface area contributed by atoms with E-state index in [2.05, 4.69) is 15.6 Å². The molecular formula is C16H16N4O2. The van der Waals surface area contributed by atoms with E-state index in [9.17, 15) is 0 Å². The number of rotatable bonds is 3. The highest BCUT2D eigenvalue weighted by molar-refractivity contribution is 5.74. The lowest BCUT2D eigenvalue weighted by atomic mass is 10.2. The normalized spacial score (nSPS) is 14.8. The van der Waals surface area contributed by atoms with Crippen LogP contribution in [0.1, 0.15) is 13.1 Å². The summed E-state index contributed by atoms with van der Waals surface area (Å²) in [5.74, 6) is 1.56. The molecule has 0 aliphatic carbocycles. The SMILES string of the molecule is CC(Nc1ccc2c(c1)OCCO2)n1nnc2ccccc21. The van der Waals surface area contributed by atoms with Crippen LogP contribution < -0.4 is 14.8 Å². The van der Waals surface area contributed by atoms with E-state index in [1.54, 1.807) is 0 Å². The van der Waals surface area contributed by atoms with Gasteiger partial charge in [-0.3, -0.25) is 0 Å². The Morgan fingerprint density at radius 2 is 1.91 bits per heavy atom. The molecule has 2 heterocycles. The van der Waals surface area contributed by atoms with Crippen LogP contribution in [0.2, 0.25) is 0 Å². The van der Waals surface area contributed by atoms with Gasteiger partial charge in [-0.05, 0) is 31.2 Å².